The fraction of sp³-hybridized carbons (Fsp3) is 0.831. The Hall–Kier alpha value is -2.18. The second kappa shape index (κ2) is 54.4. The maximum absolute atomic E-state index is 12.4. The summed E-state index contributed by atoms with van der Waals surface area (Å²) in [6.45, 7) is 4.85. The van der Waals surface area contributed by atoms with E-state index in [0.717, 1.165) is 64.2 Å². The van der Waals surface area contributed by atoms with Gasteiger partial charge in [0.25, 0.3) is 0 Å². The Morgan fingerprint density at radius 1 is 0.431 bits per heavy atom. The average molecular weight is 913 g/mol. The van der Waals surface area contributed by atoms with Crippen LogP contribution < -0.4 is 5.32 Å². The Kier molecular flexibility index (Phi) is 52.6. The highest BCUT2D eigenvalue weighted by Crippen LogP contribution is 2.15. The van der Waals surface area contributed by atoms with Crippen molar-refractivity contribution in [1.29, 1.82) is 0 Å². The second-order valence-electron chi connectivity index (χ2n) is 19.3. The van der Waals surface area contributed by atoms with Crippen LogP contribution in [0, 0.1) is 0 Å². The van der Waals surface area contributed by atoms with Crippen LogP contribution in [0.5, 0.6) is 0 Å². The van der Waals surface area contributed by atoms with Gasteiger partial charge < -0.3 is 20.3 Å². The van der Waals surface area contributed by atoms with Crippen LogP contribution in [0.25, 0.3) is 0 Å². The number of ether oxygens (including phenoxy) is 1. The van der Waals surface area contributed by atoms with Gasteiger partial charge in [-0.2, -0.15) is 0 Å². The average Bonchev–Trinajstić information content (AvgIpc) is 3.31. The number of unbranched alkanes of at least 4 members (excludes halogenated alkanes) is 35. The van der Waals surface area contributed by atoms with Gasteiger partial charge in [0.1, 0.15) is 0 Å². The number of esters is 1. The van der Waals surface area contributed by atoms with Gasteiger partial charge in [-0.15, -0.1) is 0 Å². The van der Waals surface area contributed by atoms with E-state index in [0.29, 0.717) is 19.4 Å². The summed E-state index contributed by atoms with van der Waals surface area (Å²) in [5, 5.41) is 23.0. The number of hydrogen-bond donors (Lipinski definition) is 3. The number of amides is 1. The first-order valence-corrected chi connectivity index (χ1v) is 28.4. The molecule has 3 N–H and O–H groups in total. The monoisotopic (exact) mass is 912 g/mol. The van der Waals surface area contributed by atoms with E-state index in [4.69, 9.17) is 4.74 Å². The van der Waals surface area contributed by atoms with Gasteiger partial charge in [0.15, 0.2) is 0 Å². The van der Waals surface area contributed by atoms with Crippen LogP contribution in [0.4, 0.5) is 0 Å². The zero-order chi connectivity index (χ0) is 47.2. The number of carbonyl (C=O) groups excluding carboxylic acids is 2. The summed E-state index contributed by atoms with van der Waals surface area (Å²) in [5.74, 6) is -0.0921. The molecule has 1 amide bonds. The molecule has 0 fully saturated rings. The Labute approximate surface area is 404 Å². The van der Waals surface area contributed by atoms with Crippen LogP contribution in [0.3, 0.4) is 0 Å². The van der Waals surface area contributed by atoms with Crippen molar-refractivity contribution in [3.05, 3.63) is 48.6 Å². The molecule has 6 nitrogen and oxygen atoms in total. The molecule has 0 aliphatic carbocycles. The highest BCUT2D eigenvalue weighted by Gasteiger charge is 2.18. The van der Waals surface area contributed by atoms with Crippen molar-refractivity contribution >= 4 is 11.9 Å². The Balaban J connectivity index is 3.48. The highest BCUT2D eigenvalue weighted by molar-refractivity contribution is 5.76. The van der Waals surface area contributed by atoms with Crippen LogP contribution >= 0.6 is 0 Å². The van der Waals surface area contributed by atoms with E-state index in [2.05, 4.69) is 55.6 Å². The van der Waals surface area contributed by atoms with Crippen LogP contribution in [-0.2, 0) is 14.3 Å². The predicted octanol–water partition coefficient (Wildman–Crippen LogP) is 17.4. The molecule has 0 radical (unpaired) electrons. The SMILES string of the molecule is CCCCCC/C=C\C/C=C\CCCCCCCCCC(=O)OCCCCCCCC/C=C\CCCCCCCCCC(=O)NC(CO)C(O)/C=C/CCCCCCCCCCCCC. The lowest BCUT2D eigenvalue weighted by molar-refractivity contribution is -0.143. The summed E-state index contributed by atoms with van der Waals surface area (Å²) in [6, 6.07) is -0.637. The van der Waals surface area contributed by atoms with Gasteiger partial charge in [0.05, 0.1) is 25.4 Å². The summed E-state index contributed by atoms with van der Waals surface area (Å²) in [6.07, 6.45) is 68.4. The van der Waals surface area contributed by atoms with E-state index >= 15 is 0 Å². The minimum Gasteiger partial charge on any atom is -0.466 e. The maximum Gasteiger partial charge on any atom is 0.305 e. The summed E-state index contributed by atoms with van der Waals surface area (Å²) in [7, 11) is 0. The third-order valence-corrected chi connectivity index (χ3v) is 12.8. The molecule has 0 aliphatic heterocycles. The van der Waals surface area contributed by atoms with E-state index in [-0.39, 0.29) is 18.5 Å². The summed E-state index contributed by atoms with van der Waals surface area (Å²) in [5.41, 5.74) is 0. The van der Waals surface area contributed by atoms with E-state index in [1.165, 1.54) is 199 Å². The lowest BCUT2D eigenvalue weighted by atomic mass is 10.0. The molecular weight excluding hydrogens is 803 g/mol. The summed E-state index contributed by atoms with van der Waals surface area (Å²) >= 11 is 0. The number of rotatable bonds is 52. The number of hydrogen-bond acceptors (Lipinski definition) is 5. The van der Waals surface area contributed by atoms with Gasteiger partial charge in [-0.1, -0.05) is 236 Å². The van der Waals surface area contributed by atoms with Gasteiger partial charge in [-0.05, 0) is 89.9 Å². The van der Waals surface area contributed by atoms with E-state index in [9.17, 15) is 19.8 Å². The van der Waals surface area contributed by atoms with Crippen molar-refractivity contribution in [2.24, 2.45) is 0 Å². The largest absolute Gasteiger partial charge is 0.466 e. The fourth-order valence-electron chi connectivity index (χ4n) is 8.42. The first-order chi connectivity index (χ1) is 32.0. The molecule has 65 heavy (non-hydrogen) atoms. The Morgan fingerprint density at radius 3 is 1.20 bits per heavy atom. The molecule has 0 bridgehead atoms. The molecule has 0 heterocycles. The van der Waals surface area contributed by atoms with E-state index in [1.807, 2.05) is 6.08 Å². The summed E-state index contributed by atoms with van der Waals surface area (Å²) < 4.78 is 5.47. The number of allylic oxidation sites excluding steroid dienone is 7. The normalized spacial score (nSPS) is 13.0. The van der Waals surface area contributed by atoms with Crippen LogP contribution in [0.2, 0.25) is 0 Å². The quantitative estimate of drug-likeness (QED) is 0.0321. The number of carbonyl (C=O) groups is 2. The minimum absolute atomic E-state index is 0.0107. The third-order valence-electron chi connectivity index (χ3n) is 12.8. The van der Waals surface area contributed by atoms with Gasteiger partial charge >= 0.3 is 5.97 Å². The molecule has 0 saturated carbocycles. The minimum atomic E-state index is -0.852. The van der Waals surface area contributed by atoms with Crippen molar-refractivity contribution in [2.45, 2.75) is 302 Å². The van der Waals surface area contributed by atoms with Gasteiger partial charge in [-0.25, -0.2) is 0 Å². The highest BCUT2D eigenvalue weighted by atomic mass is 16.5. The van der Waals surface area contributed by atoms with Crippen LogP contribution in [0.1, 0.15) is 290 Å². The summed E-state index contributed by atoms with van der Waals surface area (Å²) in [4.78, 5) is 24.5. The van der Waals surface area contributed by atoms with E-state index < -0.39 is 12.1 Å². The molecular formula is C59H109NO5. The topological polar surface area (TPSA) is 95.9 Å². The van der Waals surface area contributed by atoms with Gasteiger partial charge in [-0.3, -0.25) is 9.59 Å². The first-order valence-electron chi connectivity index (χ1n) is 28.4. The molecule has 380 valence electrons. The zero-order valence-electron chi connectivity index (χ0n) is 43.2. The van der Waals surface area contributed by atoms with Gasteiger partial charge in [0, 0.05) is 12.8 Å². The lowest BCUT2D eigenvalue weighted by Crippen LogP contribution is -2.45. The molecule has 0 saturated heterocycles. The van der Waals surface area contributed by atoms with E-state index in [1.54, 1.807) is 6.08 Å². The first kappa shape index (κ1) is 62.8. The Morgan fingerprint density at radius 2 is 0.769 bits per heavy atom. The Bertz CT molecular complexity index is 1100. The number of aliphatic hydroxyl groups is 2. The maximum atomic E-state index is 12.4. The van der Waals surface area contributed by atoms with Crippen LogP contribution in [0.15, 0.2) is 48.6 Å². The molecule has 0 aromatic heterocycles. The van der Waals surface area contributed by atoms with Crippen molar-refractivity contribution in [2.75, 3.05) is 13.2 Å². The lowest BCUT2D eigenvalue weighted by Gasteiger charge is -2.20. The van der Waals surface area contributed by atoms with Crippen molar-refractivity contribution in [3.8, 4) is 0 Å². The molecule has 0 aromatic carbocycles. The molecule has 0 spiro atoms. The zero-order valence-corrected chi connectivity index (χ0v) is 43.2. The second-order valence-corrected chi connectivity index (χ2v) is 19.3. The predicted molar refractivity (Wildman–Crippen MR) is 282 cm³/mol. The van der Waals surface area contributed by atoms with Crippen molar-refractivity contribution < 1.29 is 24.5 Å². The standard InChI is InChI=1S/C59H109NO5/c1-3-5-7-9-11-13-15-17-18-19-22-25-29-33-37-41-45-49-53-59(64)65-54-50-46-42-38-34-30-26-23-20-21-24-28-32-36-40-44-48-52-58(63)60-56(55-61)57(62)51-47-43-39-35-31-27-16-14-12-10-8-6-4-2/h13,15,18-20,23,47,51,56-57,61-62H,3-12,14,16-17,21-22,24-46,48-50,52-55H2,1-2H3,(H,60,63)/b15-13-,19-18-,23-20-,51-47+. The van der Waals surface area contributed by atoms with Crippen molar-refractivity contribution in [3.63, 3.8) is 0 Å². The smallest absolute Gasteiger partial charge is 0.305 e. The number of aliphatic hydroxyl groups excluding tert-OH is 2. The van der Waals surface area contributed by atoms with Crippen LogP contribution in [-0.4, -0.2) is 47.4 Å². The molecule has 0 aromatic rings. The molecule has 0 aliphatic rings. The molecule has 0 rings (SSSR count). The molecule has 2 atom stereocenters. The van der Waals surface area contributed by atoms with Gasteiger partial charge in [0.2, 0.25) is 5.91 Å². The molecule has 2 unspecified atom stereocenters. The molecule has 6 heteroatoms. The fourth-order valence-corrected chi connectivity index (χ4v) is 8.42. The number of nitrogens with one attached hydrogen (secondary N) is 1. The van der Waals surface area contributed by atoms with Crippen molar-refractivity contribution in [1.82, 2.24) is 5.32 Å². The third kappa shape index (κ3) is 51.1.